The van der Waals surface area contributed by atoms with E-state index in [9.17, 15) is 0 Å². The number of fused-ring (bicyclic) bond motifs is 3. The molecular formula is C27H27B. The summed E-state index contributed by atoms with van der Waals surface area (Å²) in [5, 5.41) is 0. The van der Waals surface area contributed by atoms with Crippen LogP contribution in [0.2, 0.25) is 17.5 Å². The molecule has 138 valence electrons. The van der Waals surface area contributed by atoms with Gasteiger partial charge in [0.05, 0.1) is 0 Å². The van der Waals surface area contributed by atoms with Gasteiger partial charge in [0.25, 0.3) is 0 Å². The molecule has 0 N–H and O–H groups in total. The smallest absolute Gasteiger partial charge is 0.0620 e. The molecule has 0 unspecified atom stereocenters. The van der Waals surface area contributed by atoms with Crippen molar-refractivity contribution < 1.29 is 0 Å². The van der Waals surface area contributed by atoms with Gasteiger partial charge in [0.2, 0.25) is 0 Å². The summed E-state index contributed by atoms with van der Waals surface area (Å²) in [6.07, 6.45) is 7.75. The Morgan fingerprint density at radius 2 is 0.607 bits per heavy atom. The molecule has 0 fully saturated rings. The van der Waals surface area contributed by atoms with Gasteiger partial charge in [-0.2, -0.15) is 0 Å². The lowest BCUT2D eigenvalue weighted by Gasteiger charge is -2.31. The highest BCUT2D eigenvalue weighted by molar-refractivity contribution is 6.64. The van der Waals surface area contributed by atoms with E-state index in [-0.39, 0.29) is 0 Å². The van der Waals surface area contributed by atoms with E-state index in [1.807, 2.05) is 0 Å². The van der Waals surface area contributed by atoms with Gasteiger partial charge in [-0.15, -0.1) is 0 Å². The fraction of sp³-hybridized carbons (Fsp3) is 0.333. The highest BCUT2D eigenvalue weighted by Crippen LogP contribution is 2.49. The Balaban J connectivity index is 1.33. The van der Waals surface area contributed by atoms with Gasteiger partial charge in [-0.3, -0.25) is 0 Å². The van der Waals surface area contributed by atoms with Gasteiger partial charge in [-0.25, -0.2) is 0 Å². The lowest BCUT2D eigenvalue weighted by molar-refractivity contribution is 0.728. The number of hydrogen-bond donors (Lipinski definition) is 0. The SMILES string of the molecule is c1ccc2c(c1)CC(B(C1Cc3ccccc3C1)C1Cc3ccccc3C1)C2. The van der Waals surface area contributed by atoms with Crippen molar-refractivity contribution >= 4 is 6.71 Å². The molecule has 28 heavy (non-hydrogen) atoms. The predicted molar refractivity (Wildman–Crippen MR) is 119 cm³/mol. The van der Waals surface area contributed by atoms with Crippen LogP contribution in [0.1, 0.15) is 33.4 Å². The molecule has 0 aliphatic heterocycles. The van der Waals surface area contributed by atoms with Gasteiger partial charge >= 0.3 is 0 Å². The second kappa shape index (κ2) is 6.66. The maximum Gasteiger partial charge on any atom is 0.151 e. The molecule has 0 amide bonds. The van der Waals surface area contributed by atoms with Crippen LogP contribution in [-0.2, 0) is 38.5 Å². The average Bonchev–Trinajstić information content (AvgIpc) is 3.44. The fourth-order valence-corrected chi connectivity index (χ4v) is 6.75. The van der Waals surface area contributed by atoms with Gasteiger partial charge in [0, 0.05) is 0 Å². The van der Waals surface area contributed by atoms with Crippen LogP contribution >= 0.6 is 0 Å². The van der Waals surface area contributed by atoms with Crippen molar-refractivity contribution in [3.8, 4) is 0 Å². The lowest BCUT2D eigenvalue weighted by atomic mass is 9.26. The first kappa shape index (κ1) is 16.7. The topological polar surface area (TPSA) is 0 Å². The zero-order valence-corrected chi connectivity index (χ0v) is 16.5. The summed E-state index contributed by atoms with van der Waals surface area (Å²) < 4.78 is 0. The van der Waals surface area contributed by atoms with Crippen LogP contribution in [-0.4, -0.2) is 6.71 Å². The molecule has 0 radical (unpaired) electrons. The minimum absolute atomic E-state index is 0.816. The van der Waals surface area contributed by atoms with Crippen LogP contribution in [0.5, 0.6) is 0 Å². The van der Waals surface area contributed by atoms with Crippen LogP contribution in [0.3, 0.4) is 0 Å². The minimum Gasteiger partial charge on any atom is -0.0620 e. The van der Waals surface area contributed by atoms with Gasteiger partial charge in [-0.1, -0.05) is 90.2 Å². The normalized spacial score (nSPS) is 18.9. The third-order valence-corrected chi connectivity index (χ3v) is 7.88. The standard InChI is InChI=1S/C27H27B/c1-2-8-20-14-25(13-19(20)7-1)28(26-15-21-9-3-4-10-22(21)16-26)27-17-23-11-5-6-12-24(23)18-27/h1-12,25-27H,13-18H2. The fourth-order valence-electron chi connectivity index (χ4n) is 6.75. The Hall–Kier alpha value is -2.28. The van der Waals surface area contributed by atoms with E-state index in [0.29, 0.717) is 0 Å². The molecule has 0 heterocycles. The van der Waals surface area contributed by atoms with Crippen LogP contribution in [0.15, 0.2) is 72.8 Å². The molecule has 3 aliphatic carbocycles. The Labute approximate surface area is 169 Å². The summed E-state index contributed by atoms with van der Waals surface area (Å²) in [7, 11) is 0. The number of rotatable bonds is 3. The van der Waals surface area contributed by atoms with E-state index in [0.717, 1.165) is 24.2 Å². The molecule has 3 aliphatic rings. The van der Waals surface area contributed by atoms with E-state index in [4.69, 9.17) is 0 Å². The molecule has 0 nitrogen and oxygen atoms in total. The summed E-state index contributed by atoms with van der Waals surface area (Å²) in [4.78, 5) is 0. The molecule has 0 saturated carbocycles. The van der Waals surface area contributed by atoms with Crippen LogP contribution in [0.25, 0.3) is 0 Å². The number of hydrogen-bond acceptors (Lipinski definition) is 0. The van der Waals surface area contributed by atoms with Gasteiger partial charge in [-0.05, 0) is 71.9 Å². The summed E-state index contributed by atoms with van der Waals surface area (Å²) in [5.74, 6) is 2.45. The van der Waals surface area contributed by atoms with Crippen molar-refractivity contribution in [2.45, 2.75) is 56.0 Å². The largest absolute Gasteiger partial charge is 0.151 e. The van der Waals surface area contributed by atoms with Crippen molar-refractivity contribution in [2.75, 3.05) is 0 Å². The van der Waals surface area contributed by atoms with Gasteiger partial charge < -0.3 is 0 Å². The van der Waals surface area contributed by atoms with Crippen molar-refractivity contribution in [1.82, 2.24) is 0 Å². The molecule has 0 atom stereocenters. The second-order valence-corrected chi connectivity index (χ2v) is 9.39. The molecular weight excluding hydrogens is 335 g/mol. The first-order chi connectivity index (χ1) is 13.8. The maximum atomic E-state index is 2.37. The summed E-state index contributed by atoms with van der Waals surface area (Å²) >= 11 is 0. The van der Waals surface area contributed by atoms with E-state index < -0.39 is 0 Å². The quantitative estimate of drug-likeness (QED) is 0.502. The van der Waals surface area contributed by atoms with E-state index in [1.54, 1.807) is 33.4 Å². The van der Waals surface area contributed by atoms with Crippen molar-refractivity contribution in [2.24, 2.45) is 0 Å². The highest BCUT2D eigenvalue weighted by Gasteiger charge is 2.44. The summed E-state index contributed by atoms with van der Waals surface area (Å²) in [6, 6.07) is 27.6. The molecule has 1 heteroatoms. The van der Waals surface area contributed by atoms with Crippen molar-refractivity contribution in [3.05, 3.63) is 106 Å². The van der Waals surface area contributed by atoms with Crippen LogP contribution in [0.4, 0.5) is 0 Å². The zero-order chi connectivity index (χ0) is 18.5. The summed E-state index contributed by atoms with van der Waals surface area (Å²) in [5.41, 5.74) is 9.69. The monoisotopic (exact) mass is 362 g/mol. The first-order valence-electron chi connectivity index (χ1n) is 11.1. The van der Waals surface area contributed by atoms with E-state index in [2.05, 4.69) is 72.8 Å². The van der Waals surface area contributed by atoms with E-state index in [1.165, 1.54) is 38.5 Å². The third kappa shape index (κ3) is 2.75. The Kier molecular flexibility index (Phi) is 3.96. The lowest BCUT2D eigenvalue weighted by Crippen LogP contribution is -2.34. The Bertz CT molecular complexity index is 813. The molecule has 0 saturated heterocycles. The molecule has 3 aromatic carbocycles. The van der Waals surface area contributed by atoms with E-state index >= 15 is 0 Å². The first-order valence-corrected chi connectivity index (χ1v) is 11.1. The molecule has 0 spiro atoms. The van der Waals surface area contributed by atoms with Crippen LogP contribution in [0, 0.1) is 0 Å². The van der Waals surface area contributed by atoms with Gasteiger partial charge in [0.1, 0.15) is 0 Å². The second-order valence-electron chi connectivity index (χ2n) is 9.39. The average molecular weight is 362 g/mol. The number of benzene rings is 3. The Morgan fingerprint density at radius 1 is 0.393 bits per heavy atom. The molecule has 0 bridgehead atoms. The van der Waals surface area contributed by atoms with Crippen molar-refractivity contribution in [3.63, 3.8) is 0 Å². The highest BCUT2D eigenvalue weighted by atomic mass is 14.3. The maximum absolute atomic E-state index is 2.37. The summed E-state index contributed by atoms with van der Waals surface area (Å²) in [6.45, 7) is 0.826. The predicted octanol–water partition coefficient (Wildman–Crippen LogP) is 5.99. The zero-order valence-electron chi connectivity index (χ0n) is 16.5. The third-order valence-electron chi connectivity index (χ3n) is 7.88. The Morgan fingerprint density at radius 3 is 0.821 bits per heavy atom. The minimum atomic E-state index is 0.816. The molecule has 0 aromatic heterocycles. The van der Waals surface area contributed by atoms with Crippen molar-refractivity contribution in [1.29, 1.82) is 0 Å². The van der Waals surface area contributed by atoms with Gasteiger partial charge in [0.15, 0.2) is 6.71 Å². The molecule has 3 aromatic rings. The molecule has 6 rings (SSSR count). The van der Waals surface area contributed by atoms with Crippen LogP contribution < -0.4 is 0 Å².